The Morgan fingerprint density at radius 1 is 0.324 bits per heavy atom. The van der Waals surface area contributed by atoms with Gasteiger partial charge in [0, 0.05) is 34.0 Å². The first kappa shape index (κ1) is 41.3. The maximum atomic E-state index is 2.59. The highest BCUT2D eigenvalue weighted by Gasteiger charge is 2.44. The summed E-state index contributed by atoms with van der Waals surface area (Å²) in [4.78, 5) is 5.11. The molecule has 0 bridgehead atoms. The molecule has 0 atom stereocenters. The van der Waals surface area contributed by atoms with Crippen LogP contribution in [0.2, 0.25) is 0 Å². The van der Waals surface area contributed by atoms with Gasteiger partial charge >= 0.3 is 0 Å². The Hall–Kier alpha value is -8.14. The highest BCUT2D eigenvalue weighted by molar-refractivity contribution is 7.00. The second kappa shape index (κ2) is 16.6. The zero-order chi connectivity index (χ0) is 45.9. The Morgan fingerprint density at radius 3 is 1.25 bits per heavy atom. The number of nitrogens with zero attached hydrogens (tertiary/aromatic N) is 2. The smallest absolute Gasteiger partial charge is 0.252 e. The van der Waals surface area contributed by atoms with Gasteiger partial charge in [-0.05, 0) is 138 Å². The van der Waals surface area contributed by atoms with Crippen LogP contribution in [0.3, 0.4) is 0 Å². The third-order valence-corrected chi connectivity index (χ3v) is 14.0. The van der Waals surface area contributed by atoms with Crippen molar-refractivity contribution < 1.29 is 0 Å². The monoisotopic (exact) mass is 870 g/mol. The van der Waals surface area contributed by atoms with Crippen molar-refractivity contribution in [2.75, 3.05) is 9.80 Å². The van der Waals surface area contributed by atoms with E-state index in [1.54, 1.807) is 0 Å². The first-order chi connectivity index (χ1) is 33.3. The number of anilines is 6. The molecule has 2 aliphatic rings. The number of hydrogen-bond acceptors (Lipinski definition) is 2. The molecule has 0 N–H and O–H groups in total. The van der Waals surface area contributed by atoms with Gasteiger partial charge in [-0.1, -0.05) is 209 Å². The maximum absolute atomic E-state index is 2.59. The van der Waals surface area contributed by atoms with E-state index in [2.05, 4.69) is 274 Å². The van der Waals surface area contributed by atoms with Gasteiger partial charge in [0.05, 0.1) is 5.69 Å². The van der Waals surface area contributed by atoms with Crippen LogP contribution in [0, 0.1) is 6.92 Å². The molecule has 2 nitrogen and oxygen atoms in total. The lowest BCUT2D eigenvalue weighted by Crippen LogP contribution is -2.61. The summed E-state index contributed by atoms with van der Waals surface area (Å²) in [5.41, 5.74) is 25.5. The van der Waals surface area contributed by atoms with Gasteiger partial charge in [-0.25, -0.2) is 0 Å². The summed E-state index contributed by atoms with van der Waals surface area (Å²) in [7, 11) is 0. The van der Waals surface area contributed by atoms with Crippen molar-refractivity contribution in [1.82, 2.24) is 0 Å². The third kappa shape index (κ3) is 7.23. The Kier molecular flexibility index (Phi) is 10.1. The highest BCUT2D eigenvalue weighted by Crippen LogP contribution is 2.49. The molecular weight excluding hydrogens is 820 g/mol. The van der Waals surface area contributed by atoms with E-state index in [1.807, 2.05) is 0 Å². The molecule has 0 aliphatic carbocycles. The summed E-state index contributed by atoms with van der Waals surface area (Å²) < 4.78 is 0. The molecule has 0 amide bonds. The van der Waals surface area contributed by atoms with Crippen LogP contribution in [0.1, 0.15) is 31.9 Å². The van der Waals surface area contributed by atoms with Gasteiger partial charge in [0.1, 0.15) is 0 Å². The topological polar surface area (TPSA) is 6.48 Å². The van der Waals surface area contributed by atoms with Crippen molar-refractivity contribution in [1.29, 1.82) is 0 Å². The molecule has 2 aliphatic heterocycles. The van der Waals surface area contributed by atoms with E-state index >= 15 is 0 Å². The van der Waals surface area contributed by atoms with Crippen LogP contribution in [0.15, 0.2) is 237 Å². The molecule has 2 heterocycles. The minimum Gasteiger partial charge on any atom is -0.311 e. The lowest BCUT2D eigenvalue weighted by Gasteiger charge is -2.45. The van der Waals surface area contributed by atoms with Gasteiger partial charge in [-0.2, -0.15) is 0 Å². The molecule has 68 heavy (non-hydrogen) atoms. The molecule has 324 valence electrons. The van der Waals surface area contributed by atoms with E-state index in [1.165, 1.54) is 106 Å². The van der Waals surface area contributed by atoms with Crippen molar-refractivity contribution in [3.8, 4) is 55.6 Å². The summed E-state index contributed by atoms with van der Waals surface area (Å²) in [6, 6.07) is 87.9. The standard InChI is InChI=1S/C65H51BN2/c1-44-38-62-64-63(39-44)68(59-35-30-50(46-20-11-6-12-21-46)41-56(59)53-26-17-27-54(40-53)65(2,3)4)61-37-32-52(48-24-15-8-16-25-48)43-58(61)66(64)57-42-51(47-22-13-7-14-23-47)31-36-60(57)67(62)55-33-28-49(29-34-55)45-18-9-5-10-19-45/h5-43H,1-4H3. The first-order valence-electron chi connectivity index (χ1n) is 23.9. The molecule has 3 heteroatoms. The van der Waals surface area contributed by atoms with Crippen molar-refractivity contribution in [2.24, 2.45) is 0 Å². The summed E-state index contributed by atoms with van der Waals surface area (Å²) in [5.74, 6) is 0. The SMILES string of the molecule is Cc1cc2c3c(c1)N(c1ccc(-c4ccccc4)cc1-c1cccc(C(C)(C)C)c1)c1ccc(-c4ccccc4)cc1B3c1cc(-c3ccccc3)ccc1N2c1ccc(-c2ccccc2)cc1. The minimum absolute atomic E-state index is 0.0175. The number of fused-ring (bicyclic) bond motifs is 4. The lowest BCUT2D eigenvalue weighted by atomic mass is 9.33. The fourth-order valence-electron chi connectivity index (χ4n) is 10.7. The number of aryl methyl sites for hydroxylation is 1. The van der Waals surface area contributed by atoms with E-state index in [-0.39, 0.29) is 12.1 Å². The van der Waals surface area contributed by atoms with Gasteiger partial charge in [0.2, 0.25) is 0 Å². The molecule has 0 radical (unpaired) electrons. The fraction of sp³-hybridized carbons (Fsp3) is 0.0769. The normalized spacial score (nSPS) is 12.6. The zero-order valence-corrected chi connectivity index (χ0v) is 39.0. The molecule has 0 fully saturated rings. The van der Waals surface area contributed by atoms with E-state index in [9.17, 15) is 0 Å². The molecule has 0 spiro atoms. The van der Waals surface area contributed by atoms with Crippen LogP contribution < -0.4 is 26.2 Å². The van der Waals surface area contributed by atoms with Crippen molar-refractivity contribution in [3.63, 3.8) is 0 Å². The minimum atomic E-state index is -0.0507. The predicted molar refractivity (Wildman–Crippen MR) is 291 cm³/mol. The van der Waals surface area contributed by atoms with Crippen LogP contribution in [0.25, 0.3) is 55.6 Å². The zero-order valence-electron chi connectivity index (χ0n) is 39.0. The summed E-state index contributed by atoms with van der Waals surface area (Å²) in [6.07, 6.45) is 0. The number of rotatable bonds is 7. The fourth-order valence-corrected chi connectivity index (χ4v) is 10.7. The average Bonchev–Trinajstić information content (AvgIpc) is 3.39. The van der Waals surface area contributed by atoms with Gasteiger partial charge in [-0.3, -0.25) is 0 Å². The van der Waals surface area contributed by atoms with E-state index in [4.69, 9.17) is 0 Å². The van der Waals surface area contributed by atoms with Crippen LogP contribution in [0.5, 0.6) is 0 Å². The summed E-state index contributed by atoms with van der Waals surface area (Å²) >= 11 is 0. The summed E-state index contributed by atoms with van der Waals surface area (Å²) in [6.45, 7) is 9.12. The van der Waals surface area contributed by atoms with Gasteiger partial charge in [0.15, 0.2) is 0 Å². The van der Waals surface area contributed by atoms with E-state index in [0.29, 0.717) is 0 Å². The molecule has 12 rings (SSSR count). The van der Waals surface area contributed by atoms with Crippen LogP contribution in [0.4, 0.5) is 34.1 Å². The van der Waals surface area contributed by atoms with Crippen LogP contribution in [-0.2, 0) is 5.41 Å². The van der Waals surface area contributed by atoms with Crippen LogP contribution in [-0.4, -0.2) is 6.71 Å². The Bertz CT molecular complexity index is 3490. The molecule has 0 aromatic heterocycles. The Labute approximate surface area is 401 Å². The predicted octanol–water partition coefficient (Wildman–Crippen LogP) is 15.7. The summed E-state index contributed by atoms with van der Waals surface area (Å²) in [5, 5.41) is 0. The number of benzene rings is 10. The third-order valence-electron chi connectivity index (χ3n) is 14.0. The van der Waals surface area contributed by atoms with E-state index in [0.717, 1.165) is 11.4 Å². The van der Waals surface area contributed by atoms with Crippen molar-refractivity contribution >= 4 is 57.2 Å². The average molecular weight is 871 g/mol. The highest BCUT2D eigenvalue weighted by atomic mass is 15.2. The van der Waals surface area contributed by atoms with E-state index < -0.39 is 0 Å². The maximum Gasteiger partial charge on any atom is 0.252 e. The molecule has 0 saturated heterocycles. The second-order valence-electron chi connectivity index (χ2n) is 19.4. The Balaban J connectivity index is 1.15. The van der Waals surface area contributed by atoms with Crippen molar-refractivity contribution in [2.45, 2.75) is 33.1 Å². The molecule has 10 aromatic carbocycles. The molecular formula is C65H51BN2. The van der Waals surface area contributed by atoms with Gasteiger partial charge in [0.25, 0.3) is 6.71 Å². The van der Waals surface area contributed by atoms with Crippen molar-refractivity contribution in [3.05, 3.63) is 248 Å². The largest absolute Gasteiger partial charge is 0.311 e. The molecule has 10 aromatic rings. The molecule has 0 saturated carbocycles. The van der Waals surface area contributed by atoms with Gasteiger partial charge in [-0.15, -0.1) is 0 Å². The second-order valence-corrected chi connectivity index (χ2v) is 19.4. The number of hydrogen-bond donors (Lipinski definition) is 0. The quantitative estimate of drug-likeness (QED) is 0.147. The Morgan fingerprint density at radius 2 is 0.735 bits per heavy atom. The lowest BCUT2D eigenvalue weighted by molar-refractivity contribution is 0.590. The molecule has 0 unspecified atom stereocenters. The first-order valence-corrected chi connectivity index (χ1v) is 23.9. The van der Waals surface area contributed by atoms with Gasteiger partial charge < -0.3 is 9.80 Å². The van der Waals surface area contributed by atoms with Crippen LogP contribution >= 0.6 is 0 Å².